The lowest BCUT2D eigenvalue weighted by Gasteiger charge is -2.15. The van der Waals surface area contributed by atoms with Crippen molar-refractivity contribution < 1.29 is 4.74 Å². The smallest absolute Gasteiger partial charge is 0.174 e. The molecule has 0 saturated heterocycles. The maximum absolute atomic E-state index is 8.45. The normalized spacial score (nSPS) is 11.4. The molecule has 1 aromatic carbocycles. The highest BCUT2D eigenvalue weighted by Gasteiger charge is 2.06. The van der Waals surface area contributed by atoms with Crippen LogP contribution < -0.4 is 10.1 Å². The van der Waals surface area contributed by atoms with Gasteiger partial charge in [-0.15, -0.1) is 0 Å². The Morgan fingerprint density at radius 1 is 1.30 bits per heavy atom. The van der Waals surface area contributed by atoms with Crippen LogP contribution in [0.4, 0.5) is 5.82 Å². The molecular formula is C15H14ClN3O. The minimum absolute atomic E-state index is 0.0551. The second kappa shape index (κ2) is 6.78. The molecule has 0 spiro atoms. The molecule has 1 aromatic heterocycles. The van der Waals surface area contributed by atoms with E-state index in [1.54, 1.807) is 6.07 Å². The number of anilines is 1. The number of rotatable bonds is 5. The molecule has 1 N–H and O–H groups in total. The Bertz CT molecular complexity index is 607. The summed E-state index contributed by atoms with van der Waals surface area (Å²) in [6.07, 6.45) is 0. The lowest BCUT2D eigenvalue weighted by Crippen LogP contribution is -2.07. The van der Waals surface area contributed by atoms with Crippen LogP contribution in [0.5, 0.6) is 5.75 Å². The number of ether oxygens (including phenoxy) is 1. The van der Waals surface area contributed by atoms with Gasteiger partial charge in [0.15, 0.2) is 6.61 Å². The number of nitrogens with zero attached hydrogens (tertiary/aromatic N) is 2. The summed E-state index contributed by atoms with van der Waals surface area (Å²) in [6.45, 7) is 2.09. The fourth-order valence-corrected chi connectivity index (χ4v) is 1.93. The van der Waals surface area contributed by atoms with E-state index in [1.807, 2.05) is 49.4 Å². The Morgan fingerprint density at radius 3 is 2.70 bits per heavy atom. The highest BCUT2D eigenvalue weighted by atomic mass is 35.5. The van der Waals surface area contributed by atoms with E-state index in [-0.39, 0.29) is 12.6 Å². The van der Waals surface area contributed by atoms with Crippen LogP contribution in [0.25, 0.3) is 0 Å². The molecule has 5 heteroatoms. The molecule has 0 radical (unpaired) electrons. The van der Waals surface area contributed by atoms with Gasteiger partial charge in [-0.1, -0.05) is 29.8 Å². The van der Waals surface area contributed by atoms with Gasteiger partial charge >= 0.3 is 0 Å². The Hall–Kier alpha value is -2.25. The molecule has 2 rings (SSSR count). The van der Waals surface area contributed by atoms with Crippen molar-refractivity contribution in [1.82, 2.24) is 4.98 Å². The molecule has 0 saturated carbocycles. The average molecular weight is 288 g/mol. The summed E-state index contributed by atoms with van der Waals surface area (Å²) < 4.78 is 5.21. The Kier molecular flexibility index (Phi) is 4.80. The number of nitriles is 1. The third-order valence-corrected chi connectivity index (χ3v) is 2.97. The van der Waals surface area contributed by atoms with Gasteiger partial charge in [0, 0.05) is 6.04 Å². The van der Waals surface area contributed by atoms with E-state index in [9.17, 15) is 0 Å². The number of hydrogen-bond donors (Lipinski definition) is 1. The van der Waals surface area contributed by atoms with E-state index in [0.29, 0.717) is 10.9 Å². The molecule has 4 nitrogen and oxygen atoms in total. The third-order valence-electron chi connectivity index (χ3n) is 2.76. The molecule has 1 atom stereocenters. The van der Waals surface area contributed by atoms with Crippen LogP contribution in [0.1, 0.15) is 18.5 Å². The van der Waals surface area contributed by atoms with Crippen molar-refractivity contribution in [1.29, 1.82) is 5.26 Å². The van der Waals surface area contributed by atoms with Gasteiger partial charge in [0.05, 0.1) is 0 Å². The van der Waals surface area contributed by atoms with Gasteiger partial charge in [0.1, 0.15) is 22.8 Å². The van der Waals surface area contributed by atoms with E-state index >= 15 is 0 Å². The predicted molar refractivity (Wildman–Crippen MR) is 78.8 cm³/mol. The van der Waals surface area contributed by atoms with Crippen molar-refractivity contribution in [2.45, 2.75) is 13.0 Å². The monoisotopic (exact) mass is 287 g/mol. The zero-order valence-electron chi connectivity index (χ0n) is 11.0. The van der Waals surface area contributed by atoms with Gasteiger partial charge in [-0.3, -0.25) is 0 Å². The number of benzene rings is 1. The first kappa shape index (κ1) is 14.2. The first-order valence-corrected chi connectivity index (χ1v) is 6.55. The first-order chi connectivity index (χ1) is 9.69. The SMILES string of the molecule is CC(Nc1cccc(Cl)n1)c1ccc(OCC#N)cc1. The summed E-state index contributed by atoms with van der Waals surface area (Å²) in [5.74, 6) is 1.41. The van der Waals surface area contributed by atoms with Gasteiger partial charge in [-0.05, 0) is 36.8 Å². The molecule has 2 aromatic rings. The van der Waals surface area contributed by atoms with E-state index in [2.05, 4.69) is 10.3 Å². The minimum atomic E-state index is 0.0551. The van der Waals surface area contributed by atoms with Crippen molar-refractivity contribution in [3.05, 3.63) is 53.2 Å². The summed E-state index contributed by atoms with van der Waals surface area (Å²) >= 11 is 5.85. The van der Waals surface area contributed by atoms with Crippen molar-refractivity contribution in [2.24, 2.45) is 0 Å². The van der Waals surface area contributed by atoms with Crippen LogP contribution in [0.15, 0.2) is 42.5 Å². The summed E-state index contributed by atoms with van der Waals surface area (Å²) in [5.41, 5.74) is 1.09. The molecule has 1 heterocycles. The number of hydrogen-bond acceptors (Lipinski definition) is 4. The third kappa shape index (κ3) is 3.87. The molecule has 0 aliphatic rings. The molecule has 0 fully saturated rings. The molecule has 0 bridgehead atoms. The Morgan fingerprint density at radius 2 is 2.05 bits per heavy atom. The van der Waals surface area contributed by atoms with Gasteiger partial charge in [-0.25, -0.2) is 4.98 Å². The minimum Gasteiger partial charge on any atom is -0.479 e. The van der Waals surface area contributed by atoms with Crippen molar-refractivity contribution >= 4 is 17.4 Å². The maximum Gasteiger partial charge on any atom is 0.174 e. The maximum atomic E-state index is 8.45. The molecular weight excluding hydrogens is 274 g/mol. The zero-order valence-corrected chi connectivity index (χ0v) is 11.8. The van der Waals surface area contributed by atoms with Crippen LogP contribution in [0.2, 0.25) is 5.15 Å². The molecule has 20 heavy (non-hydrogen) atoms. The first-order valence-electron chi connectivity index (χ1n) is 6.18. The quantitative estimate of drug-likeness (QED) is 0.850. The number of aromatic nitrogens is 1. The lowest BCUT2D eigenvalue weighted by molar-refractivity contribution is 0.368. The van der Waals surface area contributed by atoms with Gasteiger partial charge in [0.25, 0.3) is 0 Å². The largest absolute Gasteiger partial charge is 0.479 e. The summed E-state index contributed by atoms with van der Waals surface area (Å²) in [7, 11) is 0. The standard InChI is InChI=1S/C15H14ClN3O/c1-11(18-15-4-2-3-14(16)19-15)12-5-7-13(8-6-12)20-10-9-17/h2-8,11H,10H2,1H3,(H,18,19). The van der Waals surface area contributed by atoms with E-state index in [1.165, 1.54) is 0 Å². The van der Waals surface area contributed by atoms with Gasteiger partial charge in [-0.2, -0.15) is 5.26 Å². The van der Waals surface area contributed by atoms with E-state index in [4.69, 9.17) is 21.6 Å². The van der Waals surface area contributed by atoms with Crippen LogP contribution in [-0.2, 0) is 0 Å². The summed E-state index contributed by atoms with van der Waals surface area (Å²) in [5, 5.41) is 12.2. The fourth-order valence-electron chi connectivity index (χ4n) is 1.76. The highest BCUT2D eigenvalue weighted by Crippen LogP contribution is 2.21. The van der Waals surface area contributed by atoms with E-state index in [0.717, 1.165) is 11.4 Å². The fraction of sp³-hybridized carbons (Fsp3) is 0.200. The van der Waals surface area contributed by atoms with Gasteiger partial charge in [0.2, 0.25) is 0 Å². The second-order valence-electron chi connectivity index (χ2n) is 4.23. The van der Waals surface area contributed by atoms with Crippen LogP contribution in [0, 0.1) is 11.3 Å². The zero-order chi connectivity index (χ0) is 14.4. The van der Waals surface area contributed by atoms with Crippen LogP contribution in [-0.4, -0.2) is 11.6 Å². The Labute approximate surface area is 123 Å². The summed E-state index contributed by atoms with van der Waals surface area (Å²) in [4.78, 5) is 4.19. The van der Waals surface area contributed by atoms with E-state index < -0.39 is 0 Å². The molecule has 0 amide bonds. The molecule has 102 valence electrons. The van der Waals surface area contributed by atoms with Crippen LogP contribution >= 0.6 is 11.6 Å². The number of nitrogens with one attached hydrogen (secondary N) is 1. The average Bonchev–Trinajstić information content (AvgIpc) is 2.45. The summed E-state index contributed by atoms with van der Waals surface area (Å²) in [6, 6.07) is 15.1. The van der Waals surface area contributed by atoms with Crippen LogP contribution in [0.3, 0.4) is 0 Å². The second-order valence-corrected chi connectivity index (χ2v) is 4.61. The molecule has 1 unspecified atom stereocenters. The number of pyridine rings is 1. The Balaban J connectivity index is 2.02. The number of halogens is 1. The van der Waals surface area contributed by atoms with Gasteiger partial charge < -0.3 is 10.1 Å². The molecule has 0 aliphatic heterocycles. The lowest BCUT2D eigenvalue weighted by atomic mass is 10.1. The predicted octanol–water partition coefficient (Wildman–Crippen LogP) is 3.81. The topological polar surface area (TPSA) is 57.9 Å². The van der Waals surface area contributed by atoms with Crippen molar-refractivity contribution in [3.8, 4) is 11.8 Å². The van der Waals surface area contributed by atoms with Crippen molar-refractivity contribution in [2.75, 3.05) is 11.9 Å². The van der Waals surface area contributed by atoms with Crippen molar-refractivity contribution in [3.63, 3.8) is 0 Å². The molecule has 0 aliphatic carbocycles. The highest BCUT2D eigenvalue weighted by molar-refractivity contribution is 6.29.